The van der Waals surface area contributed by atoms with Gasteiger partial charge in [-0.2, -0.15) is 0 Å². The highest BCUT2D eigenvalue weighted by Crippen LogP contribution is 2.20. The summed E-state index contributed by atoms with van der Waals surface area (Å²) in [4.78, 5) is 16.4. The number of rotatable bonds is 5. The first kappa shape index (κ1) is 17.7. The van der Waals surface area contributed by atoms with Crippen LogP contribution in [0.25, 0.3) is 22.5 Å². The molecule has 4 nitrogen and oxygen atoms in total. The van der Waals surface area contributed by atoms with Crippen molar-refractivity contribution >= 4 is 22.8 Å². The molecule has 0 saturated carbocycles. The lowest BCUT2D eigenvalue weighted by molar-refractivity contribution is -0.117. The van der Waals surface area contributed by atoms with E-state index in [1.807, 2.05) is 72.3 Å². The van der Waals surface area contributed by atoms with Crippen LogP contribution in [0, 0.1) is 0 Å². The topological polar surface area (TPSA) is 46.9 Å². The zero-order valence-electron chi connectivity index (χ0n) is 15.6. The van der Waals surface area contributed by atoms with E-state index in [2.05, 4.69) is 28.5 Å². The maximum Gasteiger partial charge on any atom is 0.244 e. The van der Waals surface area contributed by atoms with Crippen molar-refractivity contribution in [2.24, 2.45) is 0 Å². The lowest BCUT2D eigenvalue weighted by Crippen LogP contribution is -2.24. The zero-order valence-corrected chi connectivity index (χ0v) is 15.6. The summed E-state index contributed by atoms with van der Waals surface area (Å²) in [5.41, 5.74) is 3.12. The molecule has 0 spiro atoms. The van der Waals surface area contributed by atoms with Crippen LogP contribution in [0.3, 0.4) is 0 Å². The Kier molecular flexibility index (Phi) is 5.02. The smallest absolute Gasteiger partial charge is 0.244 e. The van der Waals surface area contributed by atoms with E-state index in [0.717, 1.165) is 27.6 Å². The number of aromatic nitrogens is 2. The normalized spacial score (nSPS) is 12.3. The summed E-state index contributed by atoms with van der Waals surface area (Å²) in [5, 5.41) is 5.32. The molecule has 1 heterocycles. The molecule has 4 rings (SSSR count). The third kappa shape index (κ3) is 3.86. The van der Waals surface area contributed by atoms with E-state index in [9.17, 15) is 4.79 Å². The molecule has 4 aromatic rings. The number of imidazole rings is 1. The van der Waals surface area contributed by atoms with Crippen molar-refractivity contribution in [1.82, 2.24) is 14.9 Å². The lowest BCUT2D eigenvalue weighted by Gasteiger charge is -2.14. The molecule has 28 heavy (non-hydrogen) atoms. The Balaban J connectivity index is 1.43. The van der Waals surface area contributed by atoms with Crippen LogP contribution in [0.15, 0.2) is 91.5 Å². The van der Waals surface area contributed by atoms with E-state index in [4.69, 9.17) is 0 Å². The Morgan fingerprint density at radius 1 is 1.04 bits per heavy atom. The maximum atomic E-state index is 12.4. The molecule has 0 radical (unpaired) electrons. The van der Waals surface area contributed by atoms with Gasteiger partial charge in [0.25, 0.3) is 0 Å². The molecule has 1 aromatic heterocycles. The number of nitrogens with zero attached hydrogens (tertiary/aromatic N) is 2. The van der Waals surface area contributed by atoms with Crippen LogP contribution < -0.4 is 5.32 Å². The van der Waals surface area contributed by atoms with Gasteiger partial charge in [-0.25, -0.2) is 4.98 Å². The maximum absolute atomic E-state index is 12.4. The second-order valence-electron chi connectivity index (χ2n) is 6.69. The number of hydrogen-bond acceptors (Lipinski definition) is 2. The fourth-order valence-corrected chi connectivity index (χ4v) is 3.25. The number of amides is 1. The molecular formula is C24H21N3O. The van der Waals surface area contributed by atoms with Crippen LogP contribution in [0.2, 0.25) is 0 Å². The van der Waals surface area contributed by atoms with Gasteiger partial charge in [0.05, 0.1) is 12.4 Å². The Bertz CT molecular complexity index is 1110. The standard InChI is InChI=1S/C24H21N3O/c1-18(19-9-12-22(13-10-19)27-16-15-25-17-27)26-24(28)14-11-21-7-4-6-20-5-2-3-8-23(20)21/h2-18H,1H3,(H,26,28)/b14-11-/t18-/m0/s1. The minimum Gasteiger partial charge on any atom is -0.346 e. The fourth-order valence-electron chi connectivity index (χ4n) is 3.25. The van der Waals surface area contributed by atoms with E-state index in [0.29, 0.717) is 0 Å². The molecule has 138 valence electrons. The number of hydrogen-bond donors (Lipinski definition) is 1. The number of fused-ring (bicyclic) bond motifs is 1. The first-order valence-electron chi connectivity index (χ1n) is 9.25. The molecule has 0 unspecified atom stereocenters. The van der Waals surface area contributed by atoms with Crippen molar-refractivity contribution in [3.8, 4) is 5.69 Å². The Labute approximate surface area is 164 Å². The third-order valence-electron chi connectivity index (χ3n) is 4.79. The highest BCUT2D eigenvalue weighted by atomic mass is 16.1. The molecule has 0 aliphatic heterocycles. The van der Waals surface area contributed by atoms with E-state index in [1.165, 1.54) is 0 Å². The third-order valence-corrected chi connectivity index (χ3v) is 4.79. The average molecular weight is 367 g/mol. The molecule has 0 bridgehead atoms. The number of carbonyl (C=O) groups excluding carboxylic acids is 1. The van der Waals surface area contributed by atoms with Crippen LogP contribution in [-0.2, 0) is 4.79 Å². The minimum absolute atomic E-state index is 0.0819. The quantitative estimate of drug-likeness (QED) is 0.509. The molecule has 1 N–H and O–H groups in total. The summed E-state index contributed by atoms with van der Waals surface area (Å²) in [6, 6.07) is 22.3. The van der Waals surface area contributed by atoms with Gasteiger partial charge in [-0.1, -0.05) is 54.6 Å². The van der Waals surface area contributed by atoms with Crippen LogP contribution in [0.5, 0.6) is 0 Å². The van der Waals surface area contributed by atoms with Gasteiger partial charge in [0.15, 0.2) is 0 Å². The predicted octanol–water partition coefficient (Wildman–Crippen LogP) is 4.92. The van der Waals surface area contributed by atoms with Crippen molar-refractivity contribution in [2.75, 3.05) is 0 Å². The van der Waals surface area contributed by atoms with E-state index in [1.54, 1.807) is 18.6 Å². The molecule has 3 aromatic carbocycles. The Morgan fingerprint density at radius 2 is 1.82 bits per heavy atom. The first-order chi connectivity index (χ1) is 13.7. The summed E-state index contributed by atoms with van der Waals surface area (Å²) in [5.74, 6) is -0.112. The Morgan fingerprint density at radius 3 is 2.61 bits per heavy atom. The second-order valence-corrected chi connectivity index (χ2v) is 6.69. The molecule has 0 aliphatic carbocycles. The van der Waals surface area contributed by atoms with E-state index < -0.39 is 0 Å². The molecular weight excluding hydrogens is 346 g/mol. The van der Waals surface area contributed by atoms with Crippen molar-refractivity contribution < 1.29 is 4.79 Å². The van der Waals surface area contributed by atoms with Crippen molar-refractivity contribution in [3.05, 3.63) is 103 Å². The number of carbonyl (C=O) groups is 1. The highest BCUT2D eigenvalue weighted by Gasteiger charge is 2.08. The van der Waals surface area contributed by atoms with Crippen LogP contribution in [0.1, 0.15) is 24.1 Å². The highest BCUT2D eigenvalue weighted by molar-refractivity contribution is 5.96. The van der Waals surface area contributed by atoms with Crippen molar-refractivity contribution in [1.29, 1.82) is 0 Å². The zero-order chi connectivity index (χ0) is 19.3. The first-order valence-corrected chi connectivity index (χ1v) is 9.25. The van der Waals surface area contributed by atoms with Crippen LogP contribution in [-0.4, -0.2) is 15.5 Å². The lowest BCUT2D eigenvalue weighted by atomic mass is 10.0. The molecule has 0 aliphatic rings. The Hall–Kier alpha value is -3.66. The van der Waals surface area contributed by atoms with Crippen molar-refractivity contribution in [2.45, 2.75) is 13.0 Å². The molecule has 1 atom stereocenters. The van der Waals surface area contributed by atoms with Gasteiger partial charge in [0.2, 0.25) is 5.91 Å². The van der Waals surface area contributed by atoms with Gasteiger partial charge in [0, 0.05) is 24.2 Å². The molecule has 4 heteroatoms. The van der Waals surface area contributed by atoms with Gasteiger partial charge in [0.1, 0.15) is 0 Å². The molecule has 1 amide bonds. The summed E-state index contributed by atoms with van der Waals surface area (Å²) in [6.07, 6.45) is 8.88. The monoisotopic (exact) mass is 367 g/mol. The molecule has 0 fully saturated rings. The van der Waals surface area contributed by atoms with Crippen LogP contribution in [0.4, 0.5) is 0 Å². The predicted molar refractivity (Wildman–Crippen MR) is 113 cm³/mol. The summed E-state index contributed by atoms with van der Waals surface area (Å²) >= 11 is 0. The van der Waals surface area contributed by atoms with E-state index in [-0.39, 0.29) is 11.9 Å². The van der Waals surface area contributed by atoms with Crippen LogP contribution >= 0.6 is 0 Å². The van der Waals surface area contributed by atoms with Gasteiger partial charge in [-0.3, -0.25) is 4.79 Å². The summed E-state index contributed by atoms with van der Waals surface area (Å²) in [6.45, 7) is 1.98. The number of nitrogens with one attached hydrogen (secondary N) is 1. The van der Waals surface area contributed by atoms with Crippen molar-refractivity contribution in [3.63, 3.8) is 0 Å². The average Bonchev–Trinajstić information content (AvgIpc) is 3.27. The summed E-state index contributed by atoms with van der Waals surface area (Å²) < 4.78 is 1.94. The second kappa shape index (κ2) is 7.92. The van der Waals surface area contributed by atoms with Gasteiger partial charge >= 0.3 is 0 Å². The van der Waals surface area contributed by atoms with Gasteiger partial charge in [-0.05, 0) is 47.0 Å². The fraction of sp³-hybridized carbons (Fsp3) is 0.0833. The van der Waals surface area contributed by atoms with Gasteiger partial charge in [-0.15, -0.1) is 0 Å². The largest absolute Gasteiger partial charge is 0.346 e. The minimum atomic E-state index is -0.112. The summed E-state index contributed by atoms with van der Waals surface area (Å²) in [7, 11) is 0. The number of benzene rings is 3. The molecule has 0 saturated heterocycles. The SMILES string of the molecule is C[C@H](NC(=O)/C=C\c1cccc2ccccc12)c1ccc(-n2ccnc2)cc1. The van der Waals surface area contributed by atoms with E-state index >= 15 is 0 Å². The van der Waals surface area contributed by atoms with Gasteiger partial charge < -0.3 is 9.88 Å².